The van der Waals surface area contributed by atoms with E-state index in [1.54, 1.807) is 54.7 Å². The zero-order valence-corrected chi connectivity index (χ0v) is 17.4. The fourth-order valence-electron chi connectivity index (χ4n) is 2.63. The zero-order chi connectivity index (χ0) is 21.5. The van der Waals surface area contributed by atoms with Crippen LogP contribution in [0.3, 0.4) is 0 Å². The van der Waals surface area contributed by atoms with E-state index in [0.717, 1.165) is 11.3 Å². The Bertz CT molecular complexity index is 1060. The number of hydrazone groups is 1. The minimum atomic E-state index is -0.344. The number of nitrogens with zero attached hydrogens (tertiary/aromatic N) is 2. The SMILES string of the molecule is CN(C)c1ccc(/C=N/NC(=O)c2ccc(NC(=O)c3cccc(Cl)c3)cc2)cc1. The van der Waals surface area contributed by atoms with Crippen LogP contribution < -0.4 is 15.6 Å². The van der Waals surface area contributed by atoms with Crippen LogP contribution in [0, 0.1) is 0 Å². The van der Waals surface area contributed by atoms with Crippen molar-refractivity contribution in [3.8, 4) is 0 Å². The molecule has 0 radical (unpaired) electrons. The molecule has 152 valence electrons. The molecule has 7 heteroatoms. The summed E-state index contributed by atoms with van der Waals surface area (Å²) >= 11 is 5.91. The van der Waals surface area contributed by atoms with E-state index in [0.29, 0.717) is 21.8 Å². The third kappa shape index (κ3) is 5.68. The lowest BCUT2D eigenvalue weighted by molar-refractivity contribution is 0.0954. The van der Waals surface area contributed by atoms with Crippen molar-refractivity contribution in [2.75, 3.05) is 24.3 Å². The molecule has 0 aromatic heterocycles. The average Bonchev–Trinajstić information content (AvgIpc) is 2.74. The Morgan fingerprint density at radius 2 is 1.60 bits per heavy atom. The number of carbonyl (C=O) groups excluding carboxylic acids is 2. The number of hydrogen-bond donors (Lipinski definition) is 2. The number of nitrogens with one attached hydrogen (secondary N) is 2. The zero-order valence-electron chi connectivity index (χ0n) is 16.6. The molecule has 6 nitrogen and oxygen atoms in total. The summed E-state index contributed by atoms with van der Waals surface area (Å²) in [7, 11) is 3.94. The highest BCUT2D eigenvalue weighted by molar-refractivity contribution is 6.31. The number of carbonyl (C=O) groups is 2. The van der Waals surface area contributed by atoms with Crippen molar-refractivity contribution < 1.29 is 9.59 Å². The molecule has 0 saturated carbocycles. The molecule has 0 fully saturated rings. The quantitative estimate of drug-likeness (QED) is 0.458. The molecule has 0 heterocycles. The molecule has 0 aliphatic rings. The van der Waals surface area contributed by atoms with Gasteiger partial charge in [-0.05, 0) is 60.2 Å². The highest BCUT2D eigenvalue weighted by Gasteiger charge is 2.08. The van der Waals surface area contributed by atoms with Gasteiger partial charge in [-0.1, -0.05) is 29.8 Å². The summed E-state index contributed by atoms with van der Waals surface area (Å²) in [5.74, 6) is -0.622. The third-order valence-corrected chi connectivity index (χ3v) is 4.52. The number of amides is 2. The first-order valence-corrected chi connectivity index (χ1v) is 9.58. The van der Waals surface area contributed by atoms with Crippen LogP contribution in [0.2, 0.25) is 5.02 Å². The van der Waals surface area contributed by atoms with Gasteiger partial charge in [0.1, 0.15) is 0 Å². The van der Waals surface area contributed by atoms with Gasteiger partial charge in [-0.25, -0.2) is 5.43 Å². The van der Waals surface area contributed by atoms with Gasteiger partial charge in [0.15, 0.2) is 0 Å². The van der Waals surface area contributed by atoms with E-state index in [2.05, 4.69) is 15.8 Å². The number of benzene rings is 3. The van der Waals surface area contributed by atoms with Crippen molar-refractivity contribution in [3.05, 3.63) is 94.5 Å². The average molecular weight is 421 g/mol. The fraction of sp³-hybridized carbons (Fsp3) is 0.0870. The summed E-state index contributed by atoms with van der Waals surface area (Å²) in [4.78, 5) is 26.5. The first kappa shape index (κ1) is 21.1. The molecule has 3 aromatic rings. The lowest BCUT2D eigenvalue weighted by atomic mass is 10.1. The molecule has 3 rings (SSSR count). The third-order valence-electron chi connectivity index (χ3n) is 4.28. The lowest BCUT2D eigenvalue weighted by Gasteiger charge is -2.11. The summed E-state index contributed by atoms with van der Waals surface area (Å²) < 4.78 is 0. The molecule has 2 amide bonds. The maximum absolute atomic E-state index is 12.2. The van der Waals surface area contributed by atoms with E-state index in [-0.39, 0.29) is 11.8 Å². The van der Waals surface area contributed by atoms with E-state index in [4.69, 9.17) is 11.6 Å². The number of anilines is 2. The van der Waals surface area contributed by atoms with Gasteiger partial charge >= 0.3 is 0 Å². The Balaban J connectivity index is 1.56. The molecule has 0 spiro atoms. The summed E-state index contributed by atoms with van der Waals surface area (Å²) in [5, 5.41) is 7.25. The van der Waals surface area contributed by atoms with Crippen LogP contribution in [0.5, 0.6) is 0 Å². The normalized spacial score (nSPS) is 10.6. The summed E-state index contributed by atoms with van der Waals surface area (Å²) in [6.45, 7) is 0. The van der Waals surface area contributed by atoms with Crippen LogP contribution in [-0.4, -0.2) is 32.1 Å². The predicted molar refractivity (Wildman–Crippen MR) is 122 cm³/mol. The molecule has 2 N–H and O–H groups in total. The van der Waals surface area contributed by atoms with E-state index in [9.17, 15) is 9.59 Å². The van der Waals surface area contributed by atoms with Gasteiger partial charge < -0.3 is 10.2 Å². The first-order chi connectivity index (χ1) is 14.4. The lowest BCUT2D eigenvalue weighted by Crippen LogP contribution is -2.18. The molecular weight excluding hydrogens is 400 g/mol. The summed E-state index contributed by atoms with van der Waals surface area (Å²) in [6, 6.07) is 21.0. The molecule has 0 atom stereocenters. The van der Waals surface area contributed by atoms with E-state index < -0.39 is 0 Å². The number of rotatable bonds is 6. The molecule has 0 bridgehead atoms. The van der Waals surface area contributed by atoms with Gasteiger partial charge in [0.05, 0.1) is 6.21 Å². The topological polar surface area (TPSA) is 73.8 Å². The van der Waals surface area contributed by atoms with Crippen molar-refractivity contribution in [3.63, 3.8) is 0 Å². The van der Waals surface area contributed by atoms with Crippen LogP contribution in [0.25, 0.3) is 0 Å². The van der Waals surface area contributed by atoms with E-state index in [1.165, 1.54) is 0 Å². The van der Waals surface area contributed by atoms with Crippen molar-refractivity contribution in [2.45, 2.75) is 0 Å². The smallest absolute Gasteiger partial charge is 0.271 e. The highest BCUT2D eigenvalue weighted by Crippen LogP contribution is 2.15. The maximum atomic E-state index is 12.2. The van der Waals surface area contributed by atoms with Crippen LogP contribution in [0.4, 0.5) is 11.4 Å². The minimum Gasteiger partial charge on any atom is -0.378 e. The molecule has 0 aliphatic heterocycles. The van der Waals surface area contributed by atoms with Crippen LogP contribution in [-0.2, 0) is 0 Å². The molecule has 0 aliphatic carbocycles. The molecule has 0 saturated heterocycles. The first-order valence-electron chi connectivity index (χ1n) is 9.20. The second-order valence-corrected chi connectivity index (χ2v) is 7.16. The van der Waals surface area contributed by atoms with Gasteiger partial charge in [-0.3, -0.25) is 9.59 Å². The van der Waals surface area contributed by atoms with Crippen LogP contribution in [0.1, 0.15) is 26.3 Å². The van der Waals surface area contributed by atoms with Crippen molar-refractivity contribution in [2.24, 2.45) is 5.10 Å². The van der Waals surface area contributed by atoms with Gasteiger partial charge in [-0.2, -0.15) is 5.10 Å². The van der Waals surface area contributed by atoms with E-state index >= 15 is 0 Å². The Kier molecular flexibility index (Phi) is 6.83. The van der Waals surface area contributed by atoms with Gasteiger partial charge in [0.25, 0.3) is 11.8 Å². The van der Waals surface area contributed by atoms with Gasteiger partial charge in [0, 0.05) is 41.6 Å². The molecule has 30 heavy (non-hydrogen) atoms. The standard InChI is InChI=1S/C23H21ClN4O2/c1-28(2)21-12-6-16(7-13-21)15-25-27-23(30)17-8-10-20(11-9-17)26-22(29)18-4-3-5-19(24)14-18/h3-15H,1-2H3,(H,26,29)(H,27,30)/b25-15+. The highest BCUT2D eigenvalue weighted by atomic mass is 35.5. The van der Waals surface area contributed by atoms with Crippen molar-refractivity contribution in [1.82, 2.24) is 5.43 Å². The van der Waals surface area contributed by atoms with Gasteiger partial charge in [0.2, 0.25) is 0 Å². The largest absolute Gasteiger partial charge is 0.378 e. The summed E-state index contributed by atoms with van der Waals surface area (Å²) in [6.07, 6.45) is 1.58. The molecule has 3 aromatic carbocycles. The number of hydrogen-bond acceptors (Lipinski definition) is 4. The second kappa shape index (κ2) is 9.71. The molecular formula is C23H21ClN4O2. The Hall–Kier alpha value is -3.64. The minimum absolute atomic E-state index is 0.278. The van der Waals surface area contributed by atoms with E-state index in [1.807, 2.05) is 43.3 Å². The Morgan fingerprint density at radius 1 is 0.900 bits per heavy atom. The van der Waals surface area contributed by atoms with Crippen molar-refractivity contribution >= 4 is 41.0 Å². The van der Waals surface area contributed by atoms with Gasteiger partial charge in [-0.15, -0.1) is 0 Å². The Labute approximate surface area is 180 Å². The van der Waals surface area contributed by atoms with Crippen molar-refractivity contribution in [1.29, 1.82) is 0 Å². The monoisotopic (exact) mass is 420 g/mol. The molecule has 0 unspecified atom stereocenters. The number of halogens is 1. The fourth-order valence-corrected chi connectivity index (χ4v) is 2.82. The summed E-state index contributed by atoms with van der Waals surface area (Å²) in [5.41, 5.74) is 5.91. The van der Waals surface area contributed by atoms with Crippen LogP contribution >= 0.6 is 11.6 Å². The Morgan fingerprint density at radius 3 is 2.23 bits per heavy atom. The maximum Gasteiger partial charge on any atom is 0.271 e. The second-order valence-electron chi connectivity index (χ2n) is 6.73. The van der Waals surface area contributed by atoms with Crippen LogP contribution in [0.15, 0.2) is 77.9 Å². The predicted octanol–water partition coefficient (Wildman–Crippen LogP) is 4.42.